The predicted molar refractivity (Wildman–Crippen MR) is 161 cm³/mol. The van der Waals surface area contributed by atoms with E-state index >= 15 is 0 Å². The van der Waals surface area contributed by atoms with Crippen molar-refractivity contribution in [1.29, 1.82) is 0 Å². The summed E-state index contributed by atoms with van der Waals surface area (Å²) in [5.41, 5.74) is 3.08. The summed E-state index contributed by atoms with van der Waals surface area (Å²) in [6.45, 7) is 12.3. The normalized spacial score (nSPS) is 12.5. The van der Waals surface area contributed by atoms with Gasteiger partial charge in [0, 0.05) is 17.1 Å². The summed E-state index contributed by atoms with van der Waals surface area (Å²) in [6, 6.07) is 18.1. The van der Waals surface area contributed by atoms with E-state index in [1.165, 1.54) is 17.0 Å². The molecule has 0 bridgehead atoms. The number of hydrogen-bond acceptors (Lipinski definition) is 4. The van der Waals surface area contributed by atoms with Crippen LogP contribution in [0.2, 0.25) is 5.02 Å². The Bertz CT molecular complexity index is 1480. The van der Waals surface area contributed by atoms with Crippen molar-refractivity contribution in [3.05, 3.63) is 94.0 Å². The molecule has 0 spiro atoms. The Kier molecular flexibility index (Phi) is 9.69. The van der Waals surface area contributed by atoms with E-state index in [2.05, 4.69) is 5.32 Å². The van der Waals surface area contributed by atoms with Crippen LogP contribution in [0.25, 0.3) is 0 Å². The molecule has 3 aromatic carbocycles. The number of nitrogens with zero attached hydrogens (tertiary/aromatic N) is 2. The minimum Gasteiger partial charge on any atom is -0.350 e. The number of sulfonamides is 1. The lowest BCUT2D eigenvalue weighted by atomic mass is 10.1. The van der Waals surface area contributed by atoms with Crippen LogP contribution in [-0.4, -0.2) is 43.3 Å². The molecule has 0 unspecified atom stereocenters. The molecule has 9 heteroatoms. The number of amides is 2. The molecular formula is C31H38ClN3O4S. The van der Waals surface area contributed by atoms with Crippen molar-refractivity contribution in [1.82, 2.24) is 10.2 Å². The molecule has 2 amide bonds. The van der Waals surface area contributed by atoms with Gasteiger partial charge in [-0.2, -0.15) is 0 Å². The first-order chi connectivity index (χ1) is 18.6. The number of aryl methyl sites for hydroxylation is 3. The minimum absolute atomic E-state index is 0.0728. The largest absolute Gasteiger partial charge is 0.350 e. The first-order valence-corrected chi connectivity index (χ1v) is 14.9. The highest BCUT2D eigenvalue weighted by Gasteiger charge is 2.34. The van der Waals surface area contributed by atoms with Gasteiger partial charge >= 0.3 is 0 Å². The smallest absolute Gasteiger partial charge is 0.264 e. The van der Waals surface area contributed by atoms with Crippen molar-refractivity contribution < 1.29 is 18.0 Å². The quantitative estimate of drug-likeness (QED) is 0.345. The summed E-state index contributed by atoms with van der Waals surface area (Å²) in [7, 11) is -4.13. The van der Waals surface area contributed by atoms with Crippen LogP contribution in [0.5, 0.6) is 0 Å². The van der Waals surface area contributed by atoms with E-state index in [-0.39, 0.29) is 17.3 Å². The molecule has 40 heavy (non-hydrogen) atoms. The van der Waals surface area contributed by atoms with Crippen LogP contribution in [0.15, 0.2) is 71.6 Å². The number of nitrogens with one attached hydrogen (secondary N) is 1. The highest BCUT2D eigenvalue weighted by Crippen LogP contribution is 2.29. The van der Waals surface area contributed by atoms with Crippen LogP contribution in [0.1, 0.15) is 49.9 Å². The van der Waals surface area contributed by atoms with Gasteiger partial charge in [-0.15, -0.1) is 0 Å². The summed E-state index contributed by atoms with van der Waals surface area (Å²) >= 11 is 6.20. The third-order valence-corrected chi connectivity index (χ3v) is 8.44. The average Bonchev–Trinajstić information content (AvgIpc) is 2.86. The second-order valence-electron chi connectivity index (χ2n) is 11.2. The number of carbonyl (C=O) groups excluding carboxylic acids is 2. The second kappa shape index (κ2) is 12.4. The van der Waals surface area contributed by atoms with E-state index in [0.29, 0.717) is 16.3 Å². The molecule has 1 N–H and O–H groups in total. The van der Waals surface area contributed by atoms with Gasteiger partial charge in [0.1, 0.15) is 12.6 Å². The summed E-state index contributed by atoms with van der Waals surface area (Å²) < 4.78 is 29.2. The molecule has 214 valence electrons. The van der Waals surface area contributed by atoms with Gasteiger partial charge in [-0.1, -0.05) is 53.6 Å². The molecule has 0 saturated carbocycles. The van der Waals surface area contributed by atoms with Gasteiger partial charge in [-0.3, -0.25) is 13.9 Å². The summed E-state index contributed by atoms with van der Waals surface area (Å²) in [4.78, 5) is 28.7. The third-order valence-electron chi connectivity index (χ3n) is 6.43. The van der Waals surface area contributed by atoms with Crippen molar-refractivity contribution in [3.8, 4) is 0 Å². The molecule has 0 heterocycles. The van der Waals surface area contributed by atoms with E-state index in [1.54, 1.807) is 50.2 Å². The number of anilines is 1. The molecular weight excluding hydrogens is 546 g/mol. The maximum absolute atomic E-state index is 14.1. The molecule has 0 saturated heterocycles. The van der Waals surface area contributed by atoms with Crippen LogP contribution in [0.4, 0.5) is 5.69 Å². The lowest BCUT2D eigenvalue weighted by Gasteiger charge is -2.34. The molecule has 0 radical (unpaired) electrons. The monoisotopic (exact) mass is 583 g/mol. The van der Waals surface area contributed by atoms with Gasteiger partial charge < -0.3 is 10.2 Å². The molecule has 0 aliphatic rings. The van der Waals surface area contributed by atoms with Gasteiger partial charge in [-0.25, -0.2) is 8.42 Å². The summed E-state index contributed by atoms with van der Waals surface area (Å²) in [5.74, 6) is -0.865. The van der Waals surface area contributed by atoms with Crippen LogP contribution in [0, 0.1) is 20.8 Å². The fourth-order valence-corrected chi connectivity index (χ4v) is 5.91. The highest BCUT2D eigenvalue weighted by molar-refractivity contribution is 7.92. The van der Waals surface area contributed by atoms with Crippen LogP contribution >= 0.6 is 11.6 Å². The van der Waals surface area contributed by atoms with Gasteiger partial charge in [0.2, 0.25) is 11.8 Å². The van der Waals surface area contributed by atoms with Gasteiger partial charge in [0.05, 0.1) is 10.6 Å². The Morgan fingerprint density at radius 1 is 0.925 bits per heavy atom. The SMILES string of the molecule is Cc1ccc(S(=O)(=O)N(CC(=O)N(Cc2cccc(Cl)c2)[C@H](C)C(=O)NC(C)(C)C)c2cc(C)ccc2C)cc1. The van der Waals surface area contributed by atoms with Gasteiger partial charge in [0.25, 0.3) is 10.0 Å². The second-order valence-corrected chi connectivity index (χ2v) is 13.5. The van der Waals surface area contributed by atoms with Crippen molar-refractivity contribution >= 4 is 39.1 Å². The average molecular weight is 584 g/mol. The number of carbonyl (C=O) groups is 2. The molecule has 1 atom stereocenters. The number of hydrogen-bond donors (Lipinski definition) is 1. The van der Waals surface area contributed by atoms with E-state index in [9.17, 15) is 18.0 Å². The summed E-state index contributed by atoms with van der Waals surface area (Å²) in [5, 5.41) is 3.42. The van der Waals surface area contributed by atoms with E-state index in [4.69, 9.17) is 11.6 Å². The molecule has 3 rings (SSSR count). The zero-order valence-corrected chi connectivity index (χ0v) is 25.7. The lowest BCUT2D eigenvalue weighted by molar-refractivity contribution is -0.140. The molecule has 0 aliphatic heterocycles. The van der Waals surface area contributed by atoms with Crippen molar-refractivity contribution in [3.63, 3.8) is 0 Å². The number of rotatable bonds is 9. The lowest BCUT2D eigenvalue weighted by Crippen LogP contribution is -2.54. The minimum atomic E-state index is -4.13. The van der Waals surface area contributed by atoms with Gasteiger partial charge in [0.15, 0.2) is 0 Å². The van der Waals surface area contributed by atoms with Gasteiger partial charge in [-0.05, 0) is 95.5 Å². The molecule has 3 aromatic rings. The highest BCUT2D eigenvalue weighted by atomic mass is 35.5. The third kappa shape index (κ3) is 7.86. The first-order valence-electron chi connectivity index (χ1n) is 13.1. The molecule has 0 aromatic heterocycles. The maximum atomic E-state index is 14.1. The fourth-order valence-electron chi connectivity index (χ4n) is 4.23. The molecule has 0 fully saturated rings. The fraction of sp³-hybridized carbons (Fsp3) is 0.355. The Balaban J connectivity index is 2.08. The molecule has 0 aliphatic carbocycles. The van der Waals surface area contributed by atoms with E-state index in [1.807, 2.05) is 52.8 Å². The Labute approximate surface area is 243 Å². The zero-order valence-electron chi connectivity index (χ0n) is 24.2. The van der Waals surface area contributed by atoms with Crippen LogP contribution in [0.3, 0.4) is 0 Å². The van der Waals surface area contributed by atoms with Crippen molar-refractivity contribution in [2.24, 2.45) is 0 Å². The van der Waals surface area contributed by atoms with E-state index < -0.39 is 34.1 Å². The Hall–Kier alpha value is -3.36. The predicted octanol–water partition coefficient (Wildman–Crippen LogP) is 5.79. The maximum Gasteiger partial charge on any atom is 0.264 e. The zero-order chi connectivity index (χ0) is 29.8. The number of benzene rings is 3. The van der Waals surface area contributed by atoms with Crippen molar-refractivity contribution in [2.45, 2.75) is 71.5 Å². The Morgan fingerprint density at radius 2 is 1.55 bits per heavy atom. The molecule has 7 nitrogen and oxygen atoms in total. The first kappa shape index (κ1) is 31.2. The number of halogens is 1. The van der Waals surface area contributed by atoms with Crippen LogP contribution < -0.4 is 9.62 Å². The Morgan fingerprint density at radius 3 is 2.15 bits per heavy atom. The standard InChI is InChI=1S/C31H38ClN3O4S/c1-21-12-15-27(16-13-21)40(38,39)35(28-17-22(2)11-14-23(28)3)20-29(36)34(19-25-9-8-10-26(32)18-25)24(4)30(37)33-31(5,6)7/h8-18,24H,19-20H2,1-7H3,(H,33,37)/t24-/m1/s1. The summed E-state index contributed by atoms with van der Waals surface area (Å²) in [6.07, 6.45) is 0. The van der Waals surface area contributed by atoms with Crippen molar-refractivity contribution in [2.75, 3.05) is 10.8 Å². The topological polar surface area (TPSA) is 86.8 Å². The van der Waals surface area contributed by atoms with E-state index in [0.717, 1.165) is 21.0 Å². The van der Waals surface area contributed by atoms with Crippen LogP contribution in [-0.2, 0) is 26.2 Å².